The van der Waals surface area contributed by atoms with Gasteiger partial charge in [-0.2, -0.15) is 0 Å². The second-order valence-electron chi connectivity index (χ2n) is 0.447. The first-order valence-corrected chi connectivity index (χ1v) is 2.19. The maximum absolute atomic E-state index is 9.38. The molecule has 4 N–H and O–H groups in total. The third-order valence-corrected chi connectivity index (χ3v) is 0.392. The molecule has 1 atom stereocenters. The lowest BCUT2D eigenvalue weighted by Crippen LogP contribution is -2.17. The molecular formula is H4N2O3P+. The van der Waals surface area contributed by atoms with Crippen molar-refractivity contribution in [3.05, 3.63) is 0 Å². The summed E-state index contributed by atoms with van der Waals surface area (Å²) in [5.41, 5.74) is 1.53. The molecule has 0 aliphatic rings. The minimum Gasteiger partial charge on any atom is -0.244 e. The standard InChI is InChI=1S/H3N2O3P/c1-2-5-6(3)4/h2H,1H2/p+1. The zero-order valence-corrected chi connectivity index (χ0v) is 3.68. The maximum Gasteiger partial charge on any atom is 0.714 e. The van der Waals surface area contributed by atoms with Gasteiger partial charge in [-0.25, -0.2) is 5.84 Å². The molecule has 0 aliphatic heterocycles. The number of nitrogens with two attached hydrogens (primary N) is 1. The summed E-state index contributed by atoms with van der Waals surface area (Å²) in [7, 11) is -2.59. The van der Waals surface area contributed by atoms with Crippen LogP contribution in [-0.2, 0) is 9.19 Å². The first-order chi connectivity index (χ1) is 2.77. The van der Waals surface area contributed by atoms with Crippen LogP contribution in [0.1, 0.15) is 0 Å². The monoisotopic (exact) mass is 111 g/mol. The molecule has 0 amide bonds. The number of hydrazine groups is 1. The lowest BCUT2D eigenvalue weighted by molar-refractivity contribution is 0.184. The van der Waals surface area contributed by atoms with Crippen LogP contribution >= 0.6 is 8.25 Å². The van der Waals surface area contributed by atoms with Gasteiger partial charge in [-0.3, -0.25) is 0 Å². The Morgan fingerprint density at radius 3 is 2.50 bits per heavy atom. The van der Waals surface area contributed by atoms with Crippen LogP contribution in [-0.4, -0.2) is 4.89 Å². The molecule has 0 saturated carbocycles. The number of nitrogens with one attached hydrogen (secondary N) is 1. The minimum absolute atomic E-state index is 1.53. The van der Waals surface area contributed by atoms with Gasteiger partial charge in [0.25, 0.3) is 0 Å². The summed E-state index contributed by atoms with van der Waals surface area (Å²) in [4.78, 5) is 7.70. The van der Waals surface area contributed by atoms with E-state index >= 15 is 0 Å². The fourth-order valence-corrected chi connectivity index (χ4v) is 0.135. The minimum atomic E-state index is -2.59. The largest absolute Gasteiger partial charge is 0.714 e. The van der Waals surface area contributed by atoms with Crippen LogP contribution in [0.15, 0.2) is 0 Å². The van der Waals surface area contributed by atoms with E-state index in [1.165, 1.54) is 5.59 Å². The Hall–Kier alpha value is -0.0600. The Labute approximate surface area is 35.0 Å². The topological polar surface area (TPSA) is 84.6 Å². The van der Waals surface area contributed by atoms with Crippen LogP contribution in [0, 0.1) is 0 Å². The van der Waals surface area contributed by atoms with Crippen molar-refractivity contribution in [3.8, 4) is 0 Å². The Kier molecular flexibility index (Phi) is 3.11. The molecular weight excluding hydrogens is 107 g/mol. The van der Waals surface area contributed by atoms with Crippen molar-refractivity contribution in [2.45, 2.75) is 0 Å². The van der Waals surface area contributed by atoms with Gasteiger partial charge in [0.2, 0.25) is 0 Å². The molecule has 0 bridgehead atoms. The van der Waals surface area contributed by atoms with Crippen LogP contribution in [0.4, 0.5) is 0 Å². The summed E-state index contributed by atoms with van der Waals surface area (Å²) in [6.07, 6.45) is 0. The smallest absolute Gasteiger partial charge is 0.244 e. The van der Waals surface area contributed by atoms with E-state index in [0.29, 0.717) is 0 Å². The van der Waals surface area contributed by atoms with Crippen LogP contribution < -0.4 is 11.4 Å². The summed E-state index contributed by atoms with van der Waals surface area (Å²) >= 11 is 0. The molecule has 6 heteroatoms. The molecule has 0 fully saturated rings. The van der Waals surface area contributed by atoms with E-state index in [1.54, 1.807) is 0 Å². The summed E-state index contributed by atoms with van der Waals surface area (Å²) < 4.78 is 13.0. The third kappa shape index (κ3) is 3.94. The third-order valence-electron chi connectivity index (χ3n) is 0.131. The Morgan fingerprint density at radius 1 is 2.00 bits per heavy atom. The van der Waals surface area contributed by atoms with E-state index in [4.69, 9.17) is 4.89 Å². The summed E-state index contributed by atoms with van der Waals surface area (Å²) in [5.74, 6) is 4.41. The van der Waals surface area contributed by atoms with Crippen molar-refractivity contribution < 1.29 is 14.1 Å². The van der Waals surface area contributed by atoms with Gasteiger partial charge < -0.3 is 0 Å². The first kappa shape index (κ1) is 5.94. The van der Waals surface area contributed by atoms with Gasteiger partial charge >= 0.3 is 8.25 Å². The van der Waals surface area contributed by atoms with Gasteiger partial charge in [-0.15, -0.1) is 4.89 Å². The van der Waals surface area contributed by atoms with Crippen LogP contribution in [0.2, 0.25) is 0 Å². The van der Waals surface area contributed by atoms with Gasteiger partial charge in [0, 0.05) is 4.57 Å². The Bertz CT molecular complexity index is 52.8. The van der Waals surface area contributed by atoms with Gasteiger partial charge in [-0.1, -0.05) is 5.59 Å². The molecule has 6 heavy (non-hydrogen) atoms. The van der Waals surface area contributed by atoms with Gasteiger partial charge in [0.05, 0.1) is 0 Å². The van der Waals surface area contributed by atoms with E-state index in [-0.39, 0.29) is 0 Å². The van der Waals surface area contributed by atoms with Crippen LogP contribution in [0.3, 0.4) is 0 Å². The van der Waals surface area contributed by atoms with E-state index in [2.05, 4.69) is 10.5 Å². The van der Waals surface area contributed by atoms with Gasteiger partial charge in [0.1, 0.15) is 0 Å². The second-order valence-corrected chi connectivity index (χ2v) is 1.11. The van der Waals surface area contributed by atoms with E-state index < -0.39 is 8.25 Å². The zero-order chi connectivity index (χ0) is 4.99. The molecule has 0 spiro atoms. The average molecular weight is 111 g/mol. The molecule has 36 valence electrons. The molecule has 0 aliphatic carbocycles. The molecule has 0 aromatic rings. The van der Waals surface area contributed by atoms with Crippen molar-refractivity contribution in [2.75, 3.05) is 0 Å². The molecule has 5 nitrogen and oxygen atoms in total. The lowest BCUT2D eigenvalue weighted by Gasteiger charge is -1.72. The highest BCUT2D eigenvalue weighted by molar-refractivity contribution is 7.32. The fourth-order valence-electron chi connectivity index (χ4n) is 0.0451. The number of hydrogen-bond acceptors (Lipinski definition) is 4. The number of hydrogen-bond donors (Lipinski definition) is 3. The Morgan fingerprint density at radius 2 is 2.50 bits per heavy atom. The van der Waals surface area contributed by atoms with Gasteiger partial charge in [-0.05, 0) is 4.62 Å². The van der Waals surface area contributed by atoms with Crippen molar-refractivity contribution in [2.24, 2.45) is 5.84 Å². The maximum atomic E-state index is 9.38. The first-order valence-electron chi connectivity index (χ1n) is 1.06. The number of rotatable bonds is 2. The van der Waals surface area contributed by atoms with Crippen molar-refractivity contribution in [3.63, 3.8) is 0 Å². The highest BCUT2D eigenvalue weighted by atomic mass is 31.1. The van der Waals surface area contributed by atoms with Crippen LogP contribution in [0.25, 0.3) is 0 Å². The average Bonchev–Trinajstić information content (AvgIpc) is 1.35. The quantitative estimate of drug-likeness (QED) is 0.242. The molecule has 0 radical (unpaired) electrons. The Balaban J connectivity index is 2.83. The zero-order valence-electron chi connectivity index (χ0n) is 2.79. The summed E-state index contributed by atoms with van der Waals surface area (Å²) in [6, 6.07) is 0. The predicted molar refractivity (Wildman–Crippen MR) is 18.2 cm³/mol. The molecule has 0 saturated heterocycles. The summed E-state index contributed by atoms with van der Waals surface area (Å²) in [5, 5.41) is 0. The SMILES string of the molecule is NNO[P+](=O)O. The highest BCUT2D eigenvalue weighted by Crippen LogP contribution is 2.08. The van der Waals surface area contributed by atoms with E-state index in [1.807, 2.05) is 0 Å². The molecule has 0 rings (SSSR count). The van der Waals surface area contributed by atoms with E-state index in [9.17, 15) is 4.57 Å². The normalized spacial score (nSPS) is 11.3. The highest BCUT2D eigenvalue weighted by Gasteiger charge is 2.08. The second kappa shape index (κ2) is 3.14. The molecule has 0 aromatic heterocycles. The molecule has 0 heterocycles. The molecule has 1 unspecified atom stereocenters. The van der Waals surface area contributed by atoms with Crippen LogP contribution in [0.5, 0.6) is 0 Å². The summed E-state index contributed by atoms with van der Waals surface area (Å²) in [6.45, 7) is 0. The van der Waals surface area contributed by atoms with Crippen molar-refractivity contribution >= 4 is 8.25 Å². The predicted octanol–water partition coefficient (Wildman–Crippen LogP) is -0.969. The van der Waals surface area contributed by atoms with Gasteiger partial charge in [0.15, 0.2) is 0 Å². The fraction of sp³-hybridized carbons (Fsp3) is 0. The molecule has 0 aromatic carbocycles. The van der Waals surface area contributed by atoms with E-state index in [0.717, 1.165) is 0 Å². The van der Waals surface area contributed by atoms with Crippen molar-refractivity contribution in [1.29, 1.82) is 0 Å². The lowest BCUT2D eigenvalue weighted by atomic mass is 12.8. The van der Waals surface area contributed by atoms with Crippen molar-refractivity contribution in [1.82, 2.24) is 5.59 Å².